The van der Waals surface area contributed by atoms with Crippen LogP contribution in [0, 0.1) is 11.3 Å². The largest absolute Gasteiger partial charge is 0.465 e. The molecule has 0 spiro atoms. The van der Waals surface area contributed by atoms with Gasteiger partial charge in [0, 0.05) is 19.1 Å². The quantitative estimate of drug-likeness (QED) is 0.639. The van der Waals surface area contributed by atoms with Crippen molar-refractivity contribution in [3.05, 3.63) is 56.7 Å². The van der Waals surface area contributed by atoms with Gasteiger partial charge in [-0.15, -0.1) is 11.3 Å². The summed E-state index contributed by atoms with van der Waals surface area (Å²) in [6.07, 6.45) is 1.83. The van der Waals surface area contributed by atoms with E-state index in [0.717, 1.165) is 36.3 Å². The summed E-state index contributed by atoms with van der Waals surface area (Å²) in [5, 5.41) is 9.45. The van der Waals surface area contributed by atoms with Crippen molar-refractivity contribution in [1.82, 2.24) is 9.55 Å². The lowest BCUT2D eigenvalue weighted by Gasteiger charge is -2.33. The van der Waals surface area contributed by atoms with Gasteiger partial charge < -0.3 is 15.4 Å². The maximum absolute atomic E-state index is 13.4. The number of nitrogens with zero attached hydrogens (tertiary/aromatic N) is 4. The molecule has 154 valence electrons. The highest BCUT2D eigenvalue weighted by molar-refractivity contribution is 7.20. The number of carbonyl (C=O) groups is 1. The summed E-state index contributed by atoms with van der Waals surface area (Å²) in [5.41, 5.74) is 7.62. The summed E-state index contributed by atoms with van der Waals surface area (Å²) in [6.45, 7) is 1.53. The molecule has 2 aromatic heterocycles. The number of methoxy groups -OCH3 is 1. The lowest BCUT2D eigenvalue weighted by atomic mass is 10.1. The van der Waals surface area contributed by atoms with Crippen molar-refractivity contribution in [3.8, 4) is 6.07 Å². The lowest BCUT2D eigenvalue weighted by molar-refractivity contribution is 0.0606. The second-order valence-corrected chi connectivity index (χ2v) is 8.29. The van der Waals surface area contributed by atoms with Crippen molar-refractivity contribution in [2.75, 3.05) is 25.1 Å². The molecule has 0 bridgehead atoms. The molecule has 1 aromatic carbocycles. The number of fused-ring (bicyclic) bond motifs is 1. The number of piperidine rings is 1. The molecular formula is C21H21N5O3S. The number of carbonyl (C=O) groups excluding carboxylic acids is 1. The number of anilines is 1. The minimum atomic E-state index is -0.500. The molecule has 1 aliphatic rings. The number of nitrogens with two attached hydrogens (primary N) is 1. The first kappa shape index (κ1) is 20.1. The van der Waals surface area contributed by atoms with E-state index >= 15 is 0 Å². The Labute approximate surface area is 177 Å². The predicted molar refractivity (Wildman–Crippen MR) is 115 cm³/mol. The van der Waals surface area contributed by atoms with Crippen LogP contribution in [-0.2, 0) is 11.3 Å². The Morgan fingerprint density at radius 3 is 2.97 bits per heavy atom. The topological polar surface area (TPSA) is 114 Å². The SMILES string of the molecule is COC(=O)c1cc2nc(N3CCCC(N)C3)n(Cc3ccccc3C#N)c(=O)c2s1. The zero-order valence-corrected chi connectivity index (χ0v) is 17.3. The van der Waals surface area contributed by atoms with E-state index in [1.807, 2.05) is 17.0 Å². The molecule has 1 atom stereocenters. The van der Waals surface area contributed by atoms with Gasteiger partial charge in [-0.25, -0.2) is 9.78 Å². The van der Waals surface area contributed by atoms with Gasteiger partial charge in [-0.05, 0) is 30.5 Å². The summed E-state index contributed by atoms with van der Waals surface area (Å²) in [5.74, 6) is 0.00456. The molecule has 3 aromatic rings. The monoisotopic (exact) mass is 423 g/mol. The first-order valence-corrected chi connectivity index (χ1v) is 10.4. The second kappa shape index (κ2) is 8.26. The molecule has 1 aliphatic heterocycles. The minimum absolute atomic E-state index is 0.000649. The Kier molecular flexibility index (Phi) is 5.53. The fourth-order valence-corrected chi connectivity index (χ4v) is 4.68. The normalized spacial score (nSPS) is 16.4. The molecule has 1 fully saturated rings. The molecule has 0 aliphatic carbocycles. The van der Waals surface area contributed by atoms with E-state index in [1.54, 1.807) is 22.8 Å². The van der Waals surface area contributed by atoms with Crippen molar-refractivity contribution in [2.24, 2.45) is 5.73 Å². The van der Waals surface area contributed by atoms with E-state index in [4.69, 9.17) is 15.5 Å². The minimum Gasteiger partial charge on any atom is -0.465 e. The van der Waals surface area contributed by atoms with E-state index in [2.05, 4.69) is 6.07 Å². The predicted octanol–water partition coefficient (Wildman–Crippen LogP) is 2.09. The van der Waals surface area contributed by atoms with Crippen molar-refractivity contribution in [2.45, 2.75) is 25.4 Å². The summed E-state index contributed by atoms with van der Waals surface area (Å²) in [4.78, 5) is 32.5. The molecule has 0 radical (unpaired) electrons. The highest BCUT2D eigenvalue weighted by Gasteiger charge is 2.24. The average Bonchev–Trinajstić information content (AvgIpc) is 3.20. The van der Waals surface area contributed by atoms with Crippen LogP contribution in [-0.4, -0.2) is 41.8 Å². The molecule has 8 nitrogen and oxygen atoms in total. The number of ether oxygens (including phenoxy) is 1. The standard InChI is InChI=1S/C21H21N5O3S/c1-29-20(28)17-9-16-18(30-17)19(27)26(11-14-6-3-2-5-13(14)10-22)21(24-16)25-8-4-7-15(23)12-25/h2-3,5-6,9,15H,4,7-8,11-12,23H2,1H3. The van der Waals surface area contributed by atoms with Crippen molar-refractivity contribution < 1.29 is 9.53 Å². The van der Waals surface area contributed by atoms with Crippen LogP contribution in [0.5, 0.6) is 0 Å². The third-order valence-electron chi connectivity index (χ3n) is 5.21. The number of rotatable bonds is 4. The van der Waals surface area contributed by atoms with Gasteiger partial charge in [0.05, 0.1) is 30.8 Å². The molecule has 4 rings (SSSR count). The highest BCUT2D eigenvalue weighted by Crippen LogP contribution is 2.26. The highest BCUT2D eigenvalue weighted by atomic mass is 32.1. The first-order chi connectivity index (χ1) is 14.5. The Hall–Kier alpha value is -3.22. The molecule has 2 N–H and O–H groups in total. The summed E-state index contributed by atoms with van der Waals surface area (Å²) >= 11 is 1.07. The van der Waals surface area contributed by atoms with Gasteiger partial charge in [0.2, 0.25) is 5.95 Å². The molecule has 1 saturated heterocycles. The van der Waals surface area contributed by atoms with E-state index in [9.17, 15) is 14.9 Å². The van der Waals surface area contributed by atoms with Gasteiger partial charge in [-0.1, -0.05) is 18.2 Å². The maximum Gasteiger partial charge on any atom is 0.348 e. The summed E-state index contributed by atoms with van der Waals surface area (Å²) in [6, 6.07) is 10.9. The fraction of sp³-hybridized carbons (Fsp3) is 0.333. The molecule has 0 amide bonds. The maximum atomic E-state index is 13.4. The summed E-state index contributed by atoms with van der Waals surface area (Å²) in [7, 11) is 1.30. The molecule has 1 unspecified atom stereocenters. The van der Waals surface area contributed by atoms with Crippen molar-refractivity contribution >= 4 is 33.5 Å². The fourth-order valence-electron chi connectivity index (χ4n) is 3.71. The van der Waals surface area contributed by atoms with Crippen LogP contribution < -0.4 is 16.2 Å². The van der Waals surface area contributed by atoms with Gasteiger partial charge in [0.15, 0.2) is 0 Å². The van der Waals surface area contributed by atoms with Gasteiger partial charge in [0.1, 0.15) is 9.58 Å². The van der Waals surface area contributed by atoms with Gasteiger partial charge >= 0.3 is 5.97 Å². The lowest BCUT2D eigenvalue weighted by Crippen LogP contribution is -2.45. The smallest absolute Gasteiger partial charge is 0.348 e. The van der Waals surface area contributed by atoms with E-state index in [0.29, 0.717) is 33.2 Å². The van der Waals surface area contributed by atoms with Crippen LogP contribution in [0.2, 0.25) is 0 Å². The van der Waals surface area contributed by atoms with Crippen molar-refractivity contribution in [3.63, 3.8) is 0 Å². The second-order valence-electron chi connectivity index (χ2n) is 7.24. The molecular weight excluding hydrogens is 402 g/mol. The average molecular weight is 423 g/mol. The zero-order chi connectivity index (χ0) is 21.3. The van der Waals surface area contributed by atoms with Crippen LogP contribution in [0.25, 0.3) is 10.2 Å². The van der Waals surface area contributed by atoms with Gasteiger partial charge in [-0.2, -0.15) is 5.26 Å². The number of hydrogen-bond acceptors (Lipinski definition) is 8. The van der Waals surface area contributed by atoms with Crippen LogP contribution >= 0.6 is 11.3 Å². The molecule has 0 saturated carbocycles. The number of aromatic nitrogens is 2. The summed E-state index contributed by atoms with van der Waals surface area (Å²) < 4.78 is 6.76. The van der Waals surface area contributed by atoms with Gasteiger partial charge in [0.25, 0.3) is 5.56 Å². The van der Waals surface area contributed by atoms with E-state index in [1.165, 1.54) is 7.11 Å². The van der Waals surface area contributed by atoms with Gasteiger partial charge in [-0.3, -0.25) is 9.36 Å². The third-order valence-corrected chi connectivity index (χ3v) is 6.30. The number of thiophene rings is 1. The van der Waals surface area contributed by atoms with Crippen LogP contribution in [0.3, 0.4) is 0 Å². The Bertz CT molecular complexity index is 1210. The van der Waals surface area contributed by atoms with E-state index in [-0.39, 0.29) is 18.1 Å². The third kappa shape index (κ3) is 3.67. The molecule has 3 heterocycles. The Morgan fingerprint density at radius 1 is 1.43 bits per heavy atom. The number of benzene rings is 1. The number of esters is 1. The molecule has 30 heavy (non-hydrogen) atoms. The first-order valence-electron chi connectivity index (χ1n) is 9.63. The van der Waals surface area contributed by atoms with Crippen LogP contribution in [0.15, 0.2) is 35.1 Å². The zero-order valence-electron chi connectivity index (χ0n) is 16.5. The Balaban J connectivity index is 1.89. The Morgan fingerprint density at radius 2 is 2.23 bits per heavy atom. The number of hydrogen-bond donors (Lipinski definition) is 1. The van der Waals surface area contributed by atoms with Crippen molar-refractivity contribution in [1.29, 1.82) is 5.26 Å². The van der Waals surface area contributed by atoms with Crippen LogP contribution in [0.4, 0.5) is 5.95 Å². The van der Waals surface area contributed by atoms with E-state index < -0.39 is 5.97 Å². The van der Waals surface area contributed by atoms with Crippen LogP contribution in [0.1, 0.15) is 33.6 Å². The molecule has 9 heteroatoms. The number of nitriles is 1.